The van der Waals surface area contributed by atoms with E-state index in [9.17, 15) is 24.5 Å². The van der Waals surface area contributed by atoms with E-state index in [-0.39, 0.29) is 18.7 Å². The van der Waals surface area contributed by atoms with Gasteiger partial charge in [-0.2, -0.15) is 11.8 Å². The van der Waals surface area contributed by atoms with Crippen LogP contribution in [-0.4, -0.2) is 58.3 Å². The number of nitrogens with one attached hydrogen (secondary N) is 1. The van der Waals surface area contributed by atoms with Gasteiger partial charge in [-0.3, -0.25) is 29.9 Å². The van der Waals surface area contributed by atoms with Crippen LogP contribution in [-0.2, 0) is 16.0 Å². The van der Waals surface area contributed by atoms with E-state index >= 15 is 0 Å². The molecule has 0 aromatic heterocycles. The number of carbonyl (C=O) groups is 3. The van der Waals surface area contributed by atoms with Crippen molar-refractivity contribution in [2.24, 2.45) is 5.41 Å². The van der Waals surface area contributed by atoms with Gasteiger partial charge < -0.3 is 4.90 Å². The lowest BCUT2D eigenvalue weighted by atomic mass is 9.69. The number of nitro groups is 1. The number of rotatable bonds is 4. The highest BCUT2D eigenvalue weighted by atomic mass is 32.2. The maximum Gasteiger partial charge on any atom is 0.330 e. The van der Waals surface area contributed by atoms with Crippen LogP contribution in [0.25, 0.3) is 0 Å². The quantitative estimate of drug-likeness (QED) is 0.452. The Hall–Kier alpha value is -2.62. The van der Waals surface area contributed by atoms with E-state index in [1.807, 2.05) is 11.8 Å². The van der Waals surface area contributed by atoms with E-state index in [4.69, 9.17) is 0 Å². The molecule has 1 spiro atoms. The lowest BCUT2D eigenvalue weighted by Gasteiger charge is -2.53. The molecule has 1 aromatic carbocycles. The van der Waals surface area contributed by atoms with Gasteiger partial charge in [0, 0.05) is 48.8 Å². The van der Waals surface area contributed by atoms with Crippen molar-refractivity contribution in [1.29, 1.82) is 0 Å². The maximum absolute atomic E-state index is 13.6. The van der Waals surface area contributed by atoms with Gasteiger partial charge in [0.15, 0.2) is 5.41 Å². The zero-order chi connectivity index (χ0) is 20.8. The predicted octanol–water partition coefficient (Wildman–Crippen LogP) is 1.94. The van der Waals surface area contributed by atoms with E-state index < -0.39 is 34.2 Å². The zero-order valence-corrected chi connectivity index (χ0v) is 16.9. The number of urea groups is 1. The standard InChI is InChI=1S/C19H22N4O5S/c1-2-3-6-22-17(25)19(16(24)20-18(22)26)10-12-9-13(23(27)28)4-5-14(12)21-7-8-29-11-15(19)21/h4-5,9,15H,2-3,6-8,10-11H2,1H3,(H,20,24,26)/t15-,19+/m1/s1. The minimum absolute atomic E-state index is 0.0479. The van der Waals surface area contributed by atoms with Crippen LogP contribution in [0.3, 0.4) is 0 Å². The second-order valence-electron chi connectivity index (χ2n) is 7.57. The minimum atomic E-state index is -1.46. The molecule has 3 aliphatic heterocycles. The molecule has 3 heterocycles. The summed E-state index contributed by atoms with van der Waals surface area (Å²) >= 11 is 1.67. The van der Waals surface area contributed by atoms with Crippen LogP contribution in [0.15, 0.2) is 18.2 Å². The first kappa shape index (κ1) is 19.7. The number of benzene rings is 1. The van der Waals surface area contributed by atoms with Crippen molar-refractivity contribution in [2.45, 2.75) is 32.2 Å². The molecule has 0 saturated carbocycles. The Labute approximate surface area is 171 Å². The van der Waals surface area contributed by atoms with Gasteiger partial charge in [0.25, 0.3) is 5.69 Å². The van der Waals surface area contributed by atoms with E-state index in [0.29, 0.717) is 24.3 Å². The van der Waals surface area contributed by atoms with Gasteiger partial charge in [-0.15, -0.1) is 0 Å². The zero-order valence-electron chi connectivity index (χ0n) is 16.1. The largest absolute Gasteiger partial charge is 0.365 e. The van der Waals surface area contributed by atoms with Gasteiger partial charge in [0.1, 0.15) is 0 Å². The number of unbranched alkanes of at least 4 members (excludes halogenated alkanes) is 1. The number of nitro benzene ring substituents is 1. The minimum Gasteiger partial charge on any atom is -0.365 e. The number of imide groups is 2. The molecule has 9 nitrogen and oxygen atoms in total. The van der Waals surface area contributed by atoms with Crippen LogP contribution < -0.4 is 10.2 Å². The van der Waals surface area contributed by atoms with Crippen molar-refractivity contribution >= 4 is 41.0 Å². The smallest absolute Gasteiger partial charge is 0.330 e. The molecule has 1 N–H and O–H groups in total. The fourth-order valence-electron chi connectivity index (χ4n) is 4.50. The average Bonchev–Trinajstić information content (AvgIpc) is 2.71. The molecule has 1 aromatic rings. The summed E-state index contributed by atoms with van der Waals surface area (Å²) in [5.74, 6) is 0.312. The Morgan fingerprint density at radius 3 is 2.86 bits per heavy atom. The van der Waals surface area contributed by atoms with Crippen molar-refractivity contribution in [2.75, 3.05) is 29.5 Å². The monoisotopic (exact) mass is 418 g/mol. The maximum atomic E-state index is 13.6. The van der Waals surface area contributed by atoms with Gasteiger partial charge >= 0.3 is 6.03 Å². The summed E-state index contributed by atoms with van der Waals surface area (Å²) in [6.45, 7) is 2.84. The molecule has 0 radical (unpaired) electrons. The summed E-state index contributed by atoms with van der Waals surface area (Å²) < 4.78 is 0. The normalized spacial score (nSPS) is 26.2. The Morgan fingerprint density at radius 1 is 1.34 bits per heavy atom. The summed E-state index contributed by atoms with van der Waals surface area (Å²) in [6, 6.07) is 3.52. The van der Waals surface area contributed by atoms with Crippen LogP contribution >= 0.6 is 11.8 Å². The lowest BCUT2D eigenvalue weighted by molar-refractivity contribution is -0.384. The SMILES string of the molecule is CCCCN1C(=O)NC(=O)[C@@]2(Cc3cc([N+](=O)[O-])ccc3N3CCSC[C@@H]32)C1=O. The number of barbiturate groups is 1. The molecule has 29 heavy (non-hydrogen) atoms. The number of amides is 4. The van der Waals surface area contributed by atoms with Crippen LogP contribution in [0.2, 0.25) is 0 Å². The molecule has 2 saturated heterocycles. The summed E-state index contributed by atoms with van der Waals surface area (Å²) in [5, 5.41) is 13.7. The van der Waals surface area contributed by atoms with Crippen LogP contribution in [0.4, 0.5) is 16.2 Å². The molecular weight excluding hydrogens is 396 g/mol. The van der Waals surface area contributed by atoms with E-state index in [1.165, 1.54) is 12.1 Å². The van der Waals surface area contributed by atoms with Gasteiger partial charge in [-0.25, -0.2) is 4.79 Å². The van der Waals surface area contributed by atoms with Crippen molar-refractivity contribution in [3.63, 3.8) is 0 Å². The number of fused-ring (bicyclic) bond motifs is 4. The van der Waals surface area contributed by atoms with Gasteiger partial charge in [-0.1, -0.05) is 13.3 Å². The van der Waals surface area contributed by atoms with E-state index in [2.05, 4.69) is 5.32 Å². The Bertz CT molecular complexity index is 907. The van der Waals surface area contributed by atoms with Crippen molar-refractivity contribution < 1.29 is 19.3 Å². The topological polar surface area (TPSA) is 113 Å². The number of hydrogen-bond acceptors (Lipinski definition) is 7. The highest BCUT2D eigenvalue weighted by molar-refractivity contribution is 7.99. The third-order valence-electron chi connectivity index (χ3n) is 5.98. The molecule has 4 amide bonds. The molecule has 4 rings (SSSR count). The van der Waals surface area contributed by atoms with E-state index in [0.717, 1.165) is 22.8 Å². The van der Waals surface area contributed by atoms with Gasteiger partial charge in [-0.05, 0) is 18.1 Å². The number of carbonyl (C=O) groups excluding carboxylic acids is 3. The number of anilines is 1. The molecule has 0 aliphatic carbocycles. The molecule has 2 fully saturated rings. The summed E-state index contributed by atoms with van der Waals surface area (Å²) in [5.41, 5.74) is -0.122. The van der Waals surface area contributed by atoms with Crippen molar-refractivity contribution in [3.8, 4) is 0 Å². The molecule has 154 valence electrons. The predicted molar refractivity (Wildman–Crippen MR) is 108 cm³/mol. The third-order valence-corrected chi connectivity index (χ3v) is 7.01. The molecule has 0 bridgehead atoms. The lowest BCUT2D eigenvalue weighted by Crippen LogP contribution is -2.73. The Morgan fingerprint density at radius 2 is 2.14 bits per heavy atom. The number of nitrogens with zero attached hydrogens (tertiary/aromatic N) is 3. The molecular formula is C19H22N4O5S. The first-order chi connectivity index (χ1) is 13.9. The van der Waals surface area contributed by atoms with Crippen LogP contribution in [0.5, 0.6) is 0 Å². The van der Waals surface area contributed by atoms with Crippen LogP contribution in [0.1, 0.15) is 25.3 Å². The summed E-state index contributed by atoms with van der Waals surface area (Å²) in [4.78, 5) is 53.0. The number of thioether (sulfide) groups is 1. The number of hydrogen-bond donors (Lipinski definition) is 1. The summed E-state index contributed by atoms with van der Waals surface area (Å²) in [7, 11) is 0. The molecule has 10 heteroatoms. The van der Waals surface area contributed by atoms with Crippen molar-refractivity contribution in [1.82, 2.24) is 10.2 Å². The highest BCUT2D eigenvalue weighted by Gasteiger charge is 2.62. The Balaban J connectivity index is 1.83. The first-order valence-electron chi connectivity index (χ1n) is 9.69. The second kappa shape index (κ2) is 7.33. The highest BCUT2D eigenvalue weighted by Crippen LogP contribution is 2.47. The summed E-state index contributed by atoms with van der Waals surface area (Å²) in [6.07, 6.45) is 1.50. The van der Waals surface area contributed by atoms with E-state index in [1.54, 1.807) is 17.8 Å². The number of non-ortho nitro benzene ring substituents is 1. The fourth-order valence-corrected chi connectivity index (χ4v) is 5.68. The van der Waals surface area contributed by atoms with Gasteiger partial charge in [0.2, 0.25) is 11.8 Å². The first-order valence-corrected chi connectivity index (χ1v) is 10.8. The van der Waals surface area contributed by atoms with Crippen LogP contribution in [0, 0.1) is 15.5 Å². The van der Waals surface area contributed by atoms with Gasteiger partial charge in [0.05, 0.1) is 11.0 Å². The second-order valence-corrected chi connectivity index (χ2v) is 8.72. The average molecular weight is 418 g/mol. The van der Waals surface area contributed by atoms with Crippen molar-refractivity contribution in [3.05, 3.63) is 33.9 Å². The Kier molecular flexibility index (Phi) is 4.97. The third kappa shape index (κ3) is 2.97. The molecule has 0 unspecified atom stereocenters. The molecule has 3 aliphatic rings. The fraction of sp³-hybridized carbons (Fsp3) is 0.526. The molecule has 2 atom stereocenters.